The summed E-state index contributed by atoms with van der Waals surface area (Å²) in [5.74, 6) is -1.35. The summed E-state index contributed by atoms with van der Waals surface area (Å²) in [4.78, 5) is 10.0. The van der Waals surface area contributed by atoms with Gasteiger partial charge >= 0.3 is 0 Å². The molecule has 7 heteroatoms. The highest BCUT2D eigenvalue weighted by Gasteiger charge is 2.10. The quantitative estimate of drug-likeness (QED) is 0.642. The topological polar surface area (TPSA) is 55.2 Å². The number of benzene rings is 2. The lowest BCUT2D eigenvalue weighted by molar-refractivity contribution is -0.384. The highest BCUT2D eigenvalue weighted by atomic mass is 79.9. The molecule has 0 atom stereocenters. The Morgan fingerprint density at radius 2 is 1.71 bits per heavy atom. The van der Waals surface area contributed by atoms with Crippen LogP contribution in [0.3, 0.4) is 0 Å². The van der Waals surface area contributed by atoms with Crippen LogP contribution in [0.5, 0.6) is 0 Å². The molecule has 2 aromatic carbocycles. The molecule has 1 N–H and O–H groups in total. The van der Waals surface area contributed by atoms with E-state index in [2.05, 4.69) is 21.2 Å². The minimum absolute atomic E-state index is 0.0108. The second-order valence-corrected chi connectivity index (χ2v) is 5.26. The maximum atomic E-state index is 13.6. The van der Waals surface area contributed by atoms with Crippen LogP contribution in [0, 0.1) is 21.7 Å². The summed E-state index contributed by atoms with van der Waals surface area (Å²) < 4.78 is 27.5. The fraction of sp³-hybridized carbons (Fsp3) is 0.143. The lowest BCUT2D eigenvalue weighted by Gasteiger charge is -2.09. The average Bonchev–Trinajstić information content (AvgIpc) is 2.42. The number of hydrogen-bond donors (Lipinski definition) is 1. The van der Waals surface area contributed by atoms with Gasteiger partial charge in [0.1, 0.15) is 17.3 Å². The number of halogens is 3. The van der Waals surface area contributed by atoms with Crippen molar-refractivity contribution >= 4 is 27.3 Å². The maximum Gasteiger partial charge on any atom is 0.269 e. The van der Waals surface area contributed by atoms with E-state index in [1.165, 1.54) is 24.3 Å². The molecule has 0 aromatic heterocycles. The number of anilines is 1. The molecule has 4 nitrogen and oxygen atoms in total. The Hall–Kier alpha value is -2.02. The molecule has 2 rings (SSSR count). The molecule has 2 aromatic rings. The zero-order chi connectivity index (χ0) is 15.4. The number of rotatable bonds is 5. The van der Waals surface area contributed by atoms with E-state index in [1.54, 1.807) is 12.1 Å². The van der Waals surface area contributed by atoms with E-state index in [4.69, 9.17) is 0 Å². The molecule has 0 saturated carbocycles. The molecular formula is C14H11BrF2N2O2. The Bertz CT molecular complexity index is 640. The Labute approximate surface area is 128 Å². The monoisotopic (exact) mass is 356 g/mol. The van der Waals surface area contributed by atoms with E-state index in [9.17, 15) is 18.9 Å². The molecule has 0 aliphatic heterocycles. The van der Waals surface area contributed by atoms with Gasteiger partial charge in [-0.1, -0.05) is 28.1 Å². The third kappa shape index (κ3) is 3.98. The summed E-state index contributed by atoms with van der Waals surface area (Å²) in [7, 11) is 0. The summed E-state index contributed by atoms with van der Waals surface area (Å²) in [6, 6.07) is 8.39. The molecule has 0 unspecified atom stereocenters. The van der Waals surface area contributed by atoms with Crippen molar-refractivity contribution in [2.75, 3.05) is 11.9 Å². The summed E-state index contributed by atoms with van der Waals surface area (Å²) in [5, 5.41) is 13.2. The minimum atomic E-state index is -0.675. The number of nitro groups is 1. The van der Waals surface area contributed by atoms with Gasteiger partial charge in [-0.25, -0.2) is 8.78 Å². The number of nitrogens with zero attached hydrogens (tertiary/aromatic N) is 1. The zero-order valence-electron chi connectivity index (χ0n) is 10.8. The van der Waals surface area contributed by atoms with Crippen LogP contribution < -0.4 is 5.32 Å². The van der Waals surface area contributed by atoms with Gasteiger partial charge < -0.3 is 5.32 Å². The molecule has 21 heavy (non-hydrogen) atoms. The SMILES string of the molecule is O=[N+]([O-])c1ccc(CCNc2c(F)cc(Br)cc2F)cc1. The fourth-order valence-electron chi connectivity index (χ4n) is 1.83. The second-order valence-electron chi connectivity index (χ2n) is 4.34. The van der Waals surface area contributed by atoms with E-state index in [-0.39, 0.29) is 11.4 Å². The van der Waals surface area contributed by atoms with Crippen molar-refractivity contribution < 1.29 is 13.7 Å². The number of nitrogens with one attached hydrogen (secondary N) is 1. The molecule has 0 bridgehead atoms. The molecule has 0 aliphatic rings. The third-order valence-electron chi connectivity index (χ3n) is 2.87. The van der Waals surface area contributed by atoms with E-state index < -0.39 is 16.6 Å². The average molecular weight is 357 g/mol. The van der Waals surface area contributed by atoms with E-state index in [0.717, 1.165) is 5.56 Å². The first-order chi connectivity index (χ1) is 9.97. The summed E-state index contributed by atoms with van der Waals surface area (Å²) in [5.41, 5.74) is 0.669. The van der Waals surface area contributed by atoms with Gasteiger partial charge in [0.05, 0.1) is 4.92 Å². The lowest BCUT2D eigenvalue weighted by atomic mass is 10.1. The zero-order valence-corrected chi connectivity index (χ0v) is 12.4. The van der Waals surface area contributed by atoms with Crippen molar-refractivity contribution in [3.05, 3.63) is 68.2 Å². The maximum absolute atomic E-state index is 13.6. The van der Waals surface area contributed by atoms with Crippen molar-refractivity contribution in [2.45, 2.75) is 6.42 Å². The van der Waals surface area contributed by atoms with E-state index in [0.29, 0.717) is 17.4 Å². The molecule has 0 fully saturated rings. The molecule has 0 aliphatic carbocycles. The first-order valence-electron chi connectivity index (χ1n) is 6.09. The molecule has 0 saturated heterocycles. The normalized spacial score (nSPS) is 10.4. The van der Waals surface area contributed by atoms with Crippen molar-refractivity contribution in [1.29, 1.82) is 0 Å². The fourth-order valence-corrected chi connectivity index (χ4v) is 2.23. The summed E-state index contributed by atoms with van der Waals surface area (Å²) in [6.45, 7) is 0.313. The molecule has 0 spiro atoms. The van der Waals surface area contributed by atoms with Gasteiger partial charge in [-0.2, -0.15) is 0 Å². The smallest absolute Gasteiger partial charge is 0.269 e. The van der Waals surface area contributed by atoms with Gasteiger partial charge in [-0.15, -0.1) is 0 Å². The molecule has 0 heterocycles. The molecule has 0 amide bonds. The van der Waals surface area contributed by atoms with Crippen molar-refractivity contribution in [3.8, 4) is 0 Å². The third-order valence-corrected chi connectivity index (χ3v) is 3.33. The highest BCUT2D eigenvalue weighted by Crippen LogP contribution is 2.23. The van der Waals surface area contributed by atoms with Gasteiger partial charge in [0.2, 0.25) is 0 Å². The highest BCUT2D eigenvalue weighted by molar-refractivity contribution is 9.10. The molecular weight excluding hydrogens is 346 g/mol. The van der Waals surface area contributed by atoms with Crippen LogP contribution in [-0.2, 0) is 6.42 Å². The van der Waals surface area contributed by atoms with Crippen LogP contribution in [0.15, 0.2) is 40.9 Å². The van der Waals surface area contributed by atoms with E-state index >= 15 is 0 Å². The van der Waals surface area contributed by atoms with Crippen molar-refractivity contribution in [1.82, 2.24) is 0 Å². The Balaban J connectivity index is 1.97. The number of hydrogen-bond acceptors (Lipinski definition) is 3. The van der Waals surface area contributed by atoms with Crippen molar-refractivity contribution in [2.24, 2.45) is 0 Å². The Morgan fingerprint density at radius 3 is 2.24 bits per heavy atom. The molecule has 0 radical (unpaired) electrons. The van der Waals surface area contributed by atoms with Crippen LogP contribution in [-0.4, -0.2) is 11.5 Å². The standard InChI is InChI=1S/C14H11BrF2N2O2/c15-10-7-12(16)14(13(17)8-10)18-6-5-9-1-3-11(4-2-9)19(20)21/h1-4,7-8,18H,5-6H2. The van der Waals surface area contributed by atoms with Gasteiger partial charge in [-0.3, -0.25) is 10.1 Å². The predicted octanol–water partition coefficient (Wildman–Crippen LogP) is 4.29. The van der Waals surface area contributed by atoms with Crippen LogP contribution in [0.4, 0.5) is 20.2 Å². The number of non-ortho nitro benzene ring substituents is 1. The predicted molar refractivity (Wildman–Crippen MR) is 79.3 cm³/mol. The Morgan fingerprint density at radius 1 is 1.14 bits per heavy atom. The molecule has 110 valence electrons. The number of nitro benzene ring substituents is 1. The van der Waals surface area contributed by atoms with Gasteiger partial charge in [0.15, 0.2) is 0 Å². The van der Waals surface area contributed by atoms with Crippen LogP contribution >= 0.6 is 15.9 Å². The van der Waals surface area contributed by atoms with Crippen LogP contribution in [0.2, 0.25) is 0 Å². The van der Waals surface area contributed by atoms with Crippen LogP contribution in [0.25, 0.3) is 0 Å². The Kier molecular flexibility index (Phi) is 4.85. The van der Waals surface area contributed by atoms with Gasteiger partial charge in [0, 0.05) is 23.2 Å². The van der Waals surface area contributed by atoms with Gasteiger partial charge in [0.25, 0.3) is 5.69 Å². The second kappa shape index (κ2) is 6.62. The summed E-state index contributed by atoms with van der Waals surface area (Å²) in [6.07, 6.45) is 0.493. The minimum Gasteiger partial charge on any atom is -0.380 e. The summed E-state index contributed by atoms with van der Waals surface area (Å²) >= 11 is 3.01. The van der Waals surface area contributed by atoms with Crippen molar-refractivity contribution in [3.63, 3.8) is 0 Å². The first kappa shape index (κ1) is 15.4. The largest absolute Gasteiger partial charge is 0.380 e. The van der Waals surface area contributed by atoms with E-state index in [1.807, 2.05) is 0 Å². The van der Waals surface area contributed by atoms with Crippen LogP contribution in [0.1, 0.15) is 5.56 Å². The van der Waals surface area contributed by atoms with Gasteiger partial charge in [-0.05, 0) is 24.1 Å². The lowest BCUT2D eigenvalue weighted by Crippen LogP contribution is -2.08. The first-order valence-corrected chi connectivity index (χ1v) is 6.88.